The molecule has 22 heavy (non-hydrogen) atoms. The first-order valence-corrected chi connectivity index (χ1v) is 8.06. The lowest BCUT2D eigenvalue weighted by Gasteiger charge is -2.19. The van der Waals surface area contributed by atoms with Crippen molar-refractivity contribution in [1.29, 1.82) is 0 Å². The topological polar surface area (TPSA) is 86.9 Å². The first kappa shape index (κ1) is 16.5. The number of carbonyl (C=O) groups is 2. The van der Waals surface area contributed by atoms with Crippen LogP contribution >= 0.6 is 22.9 Å². The molecule has 0 saturated heterocycles. The second-order valence-corrected chi connectivity index (χ2v) is 6.54. The van der Waals surface area contributed by atoms with Crippen LogP contribution in [0.5, 0.6) is 0 Å². The molecule has 2 rings (SSSR count). The molecule has 6 nitrogen and oxygen atoms in total. The number of halogens is 1. The molecule has 0 radical (unpaired) electrons. The van der Waals surface area contributed by atoms with E-state index in [1.165, 1.54) is 23.6 Å². The number of anilines is 1. The molecule has 0 bridgehead atoms. The van der Waals surface area contributed by atoms with E-state index in [1.54, 1.807) is 11.6 Å². The molecule has 0 aromatic carbocycles. The number of hydrogen-bond donors (Lipinski definition) is 3. The number of nitrogens with zero attached hydrogens (tertiary/aromatic N) is 1. The summed E-state index contributed by atoms with van der Waals surface area (Å²) in [5.74, 6) is -0.402. The molecule has 1 atom stereocenters. The van der Waals surface area contributed by atoms with Gasteiger partial charge in [-0.15, -0.1) is 11.3 Å². The zero-order chi connectivity index (χ0) is 16.1. The van der Waals surface area contributed by atoms with Crippen molar-refractivity contribution in [1.82, 2.24) is 15.3 Å². The number of nitrogens with one attached hydrogen (secondary N) is 3. The third kappa shape index (κ3) is 4.57. The van der Waals surface area contributed by atoms with Gasteiger partial charge < -0.3 is 15.6 Å². The summed E-state index contributed by atoms with van der Waals surface area (Å²) in [6.45, 7) is 3.97. The first-order valence-electron chi connectivity index (χ1n) is 6.81. The van der Waals surface area contributed by atoms with Gasteiger partial charge >= 0.3 is 0 Å². The third-order valence-electron chi connectivity index (χ3n) is 2.88. The van der Waals surface area contributed by atoms with Gasteiger partial charge in [0.25, 0.3) is 5.91 Å². The van der Waals surface area contributed by atoms with E-state index < -0.39 is 6.04 Å². The van der Waals surface area contributed by atoms with Crippen LogP contribution in [0.3, 0.4) is 0 Å². The smallest absolute Gasteiger partial charge is 0.268 e. The molecule has 3 N–H and O–H groups in total. The largest absolute Gasteiger partial charge is 0.356 e. The Kier molecular flexibility index (Phi) is 5.57. The second-order valence-electron chi connectivity index (χ2n) is 5.21. The highest BCUT2D eigenvalue weighted by Gasteiger charge is 2.23. The maximum Gasteiger partial charge on any atom is 0.268 e. The van der Waals surface area contributed by atoms with Gasteiger partial charge in [0.05, 0.1) is 5.02 Å². The van der Waals surface area contributed by atoms with Gasteiger partial charge in [-0.2, -0.15) is 0 Å². The Labute approximate surface area is 137 Å². The molecule has 0 spiro atoms. The van der Waals surface area contributed by atoms with Gasteiger partial charge in [0.15, 0.2) is 5.13 Å². The Morgan fingerprint density at radius 1 is 1.45 bits per heavy atom. The molecule has 0 aliphatic carbocycles. The fourth-order valence-electron chi connectivity index (χ4n) is 1.92. The summed E-state index contributed by atoms with van der Waals surface area (Å²) < 4.78 is 0. The quantitative estimate of drug-likeness (QED) is 0.755. The highest BCUT2D eigenvalue weighted by Crippen LogP contribution is 2.14. The number of rotatable bonds is 6. The molecule has 0 saturated carbocycles. The number of aromatic amines is 1. The number of aromatic nitrogens is 2. The van der Waals surface area contributed by atoms with Gasteiger partial charge in [0.1, 0.15) is 11.7 Å². The van der Waals surface area contributed by atoms with E-state index >= 15 is 0 Å². The van der Waals surface area contributed by atoms with E-state index in [-0.39, 0.29) is 17.7 Å². The molecule has 0 aliphatic heterocycles. The van der Waals surface area contributed by atoms with E-state index in [0.29, 0.717) is 22.3 Å². The summed E-state index contributed by atoms with van der Waals surface area (Å²) in [6.07, 6.45) is 3.65. The van der Waals surface area contributed by atoms with Crippen LogP contribution in [0.25, 0.3) is 0 Å². The lowest BCUT2D eigenvalue weighted by molar-refractivity contribution is -0.118. The molecule has 2 aromatic heterocycles. The minimum Gasteiger partial charge on any atom is -0.356 e. The van der Waals surface area contributed by atoms with Gasteiger partial charge in [0, 0.05) is 17.8 Å². The molecule has 2 heterocycles. The molecular formula is C14H17ClN4O2S. The Balaban J connectivity index is 2.05. The Bertz CT molecular complexity index is 639. The molecule has 8 heteroatoms. The van der Waals surface area contributed by atoms with Crippen molar-refractivity contribution in [3.8, 4) is 0 Å². The number of amides is 2. The van der Waals surface area contributed by atoms with Crippen molar-refractivity contribution in [2.24, 2.45) is 5.92 Å². The SMILES string of the molecule is CC(C)C[C@H](NC(=O)c1cc(Cl)c[nH]1)C(=O)Nc1nccs1. The van der Waals surface area contributed by atoms with Gasteiger partial charge in [-0.1, -0.05) is 25.4 Å². The van der Waals surface area contributed by atoms with Crippen molar-refractivity contribution in [2.45, 2.75) is 26.3 Å². The number of carbonyl (C=O) groups excluding carboxylic acids is 2. The van der Waals surface area contributed by atoms with Crippen LogP contribution in [0, 0.1) is 5.92 Å². The highest BCUT2D eigenvalue weighted by molar-refractivity contribution is 7.13. The van der Waals surface area contributed by atoms with E-state index in [0.717, 1.165) is 0 Å². The fraction of sp³-hybridized carbons (Fsp3) is 0.357. The zero-order valence-corrected chi connectivity index (χ0v) is 13.8. The predicted octanol–water partition coefficient (Wildman–Crippen LogP) is 2.91. The summed E-state index contributed by atoms with van der Waals surface area (Å²) >= 11 is 7.11. The predicted molar refractivity (Wildman–Crippen MR) is 87.3 cm³/mol. The van der Waals surface area contributed by atoms with E-state index in [1.807, 2.05) is 13.8 Å². The Morgan fingerprint density at radius 2 is 2.23 bits per heavy atom. The van der Waals surface area contributed by atoms with Crippen LogP contribution in [-0.4, -0.2) is 27.8 Å². The molecule has 2 aromatic rings. The molecule has 0 fully saturated rings. The van der Waals surface area contributed by atoms with Gasteiger partial charge in [0.2, 0.25) is 5.91 Å². The van der Waals surface area contributed by atoms with Crippen molar-refractivity contribution in [3.05, 3.63) is 34.6 Å². The van der Waals surface area contributed by atoms with Gasteiger partial charge in [-0.25, -0.2) is 4.98 Å². The molecule has 0 unspecified atom stereocenters. The molecule has 0 aliphatic rings. The van der Waals surface area contributed by atoms with Gasteiger partial charge in [-0.3, -0.25) is 9.59 Å². The van der Waals surface area contributed by atoms with Crippen LogP contribution in [0.1, 0.15) is 30.8 Å². The first-order chi connectivity index (χ1) is 10.5. The van der Waals surface area contributed by atoms with Crippen molar-refractivity contribution < 1.29 is 9.59 Å². The van der Waals surface area contributed by atoms with Crippen molar-refractivity contribution >= 4 is 39.9 Å². The minimum absolute atomic E-state index is 0.250. The normalized spacial score (nSPS) is 12.2. The summed E-state index contributed by atoms with van der Waals surface area (Å²) in [5, 5.41) is 8.16. The van der Waals surface area contributed by atoms with Crippen molar-refractivity contribution in [3.63, 3.8) is 0 Å². The number of hydrogen-bond acceptors (Lipinski definition) is 4. The maximum atomic E-state index is 12.3. The summed E-state index contributed by atoms with van der Waals surface area (Å²) in [4.78, 5) is 31.3. The van der Waals surface area contributed by atoms with Crippen LogP contribution in [-0.2, 0) is 4.79 Å². The monoisotopic (exact) mass is 340 g/mol. The highest BCUT2D eigenvalue weighted by atomic mass is 35.5. The summed E-state index contributed by atoms with van der Waals surface area (Å²) in [7, 11) is 0. The summed E-state index contributed by atoms with van der Waals surface area (Å²) in [6, 6.07) is 0.876. The van der Waals surface area contributed by atoms with Crippen molar-refractivity contribution in [2.75, 3.05) is 5.32 Å². The van der Waals surface area contributed by atoms with E-state index in [9.17, 15) is 9.59 Å². The Morgan fingerprint density at radius 3 is 2.77 bits per heavy atom. The van der Waals surface area contributed by atoms with Gasteiger partial charge in [-0.05, 0) is 18.4 Å². The molecule has 2 amide bonds. The van der Waals surface area contributed by atoms with E-state index in [2.05, 4.69) is 20.6 Å². The molecular weight excluding hydrogens is 324 g/mol. The molecule has 118 valence electrons. The van der Waals surface area contributed by atoms with Crippen LogP contribution in [0.15, 0.2) is 23.8 Å². The second kappa shape index (κ2) is 7.42. The fourth-order valence-corrected chi connectivity index (χ4v) is 2.61. The van der Waals surface area contributed by atoms with E-state index in [4.69, 9.17) is 11.6 Å². The zero-order valence-electron chi connectivity index (χ0n) is 12.2. The van der Waals surface area contributed by atoms with Crippen LogP contribution in [0.2, 0.25) is 5.02 Å². The number of thiazole rings is 1. The standard InChI is InChI=1S/C14H17ClN4O2S/c1-8(2)5-11(13(21)19-14-16-3-4-22-14)18-12(20)10-6-9(15)7-17-10/h3-4,6-8,11,17H,5H2,1-2H3,(H,18,20)(H,16,19,21)/t11-/m0/s1. The number of H-pyrrole nitrogens is 1. The average molecular weight is 341 g/mol. The lowest BCUT2D eigenvalue weighted by Crippen LogP contribution is -2.44. The average Bonchev–Trinajstić information content (AvgIpc) is 3.08. The lowest BCUT2D eigenvalue weighted by atomic mass is 10.0. The Hall–Kier alpha value is -1.86. The third-order valence-corrected chi connectivity index (χ3v) is 3.79. The van der Waals surface area contributed by atoms with Crippen LogP contribution < -0.4 is 10.6 Å². The van der Waals surface area contributed by atoms with Crippen LogP contribution in [0.4, 0.5) is 5.13 Å². The maximum absolute atomic E-state index is 12.3. The summed E-state index contributed by atoms with van der Waals surface area (Å²) in [5.41, 5.74) is 0.320. The minimum atomic E-state index is -0.640.